The van der Waals surface area contributed by atoms with E-state index in [1.165, 1.54) is 0 Å². The number of carbonyl (C=O) groups excluding carboxylic acids is 2. The number of Topliss-reactive ketones (excluding diaryl/α,β-unsaturated/α-hetero) is 2. The highest BCUT2D eigenvalue weighted by molar-refractivity contribution is 9.10. The highest BCUT2D eigenvalue weighted by Crippen LogP contribution is 2.12. The molecule has 15 heavy (non-hydrogen) atoms. The second-order valence-corrected chi connectivity index (χ2v) is 4.31. The first-order valence-electron chi connectivity index (χ1n) is 4.94. The van der Waals surface area contributed by atoms with Crippen molar-refractivity contribution in [2.75, 3.05) is 0 Å². The lowest BCUT2D eigenvalue weighted by Crippen LogP contribution is -2.07. The molecule has 0 aromatic heterocycles. The summed E-state index contributed by atoms with van der Waals surface area (Å²) in [6.07, 6.45) is 1.31. The molecule has 0 unspecified atom stereocenters. The first kappa shape index (κ1) is 12.1. The monoisotopic (exact) mass is 268 g/mol. The summed E-state index contributed by atoms with van der Waals surface area (Å²) in [6.45, 7) is 1.93. The summed E-state index contributed by atoms with van der Waals surface area (Å²) >= 11 is 3.29. The van der Waals surface area contributed by atoms with Crippen LogP contribution in [-0.4, -0.2) is 11.6 Å². The van der Waals surface area contributed by atoms with Gasteiger partial charge in [-0.25, -0.2) is 0 Å². The van der Waals surface area contributed by atoms with Crippen LogP contribution in [-0.2, 0) is 4.79 Å². The Morgan fingerprint density at radius 3 is 2.33 bits per heavy atom. The van der Waals surface area contributed by atoms with Crippen LogP contribution < -0.4 is 0 Å². The molecule has 0 aliphatic heterocycles. The number of carbonyl (C=O) groups is 2. The van der Waals surface area contributed by atoms with Gasteiger partial charge in [0, 0.05) is 16.5 Å². The third-order valence-corrected chi connectivity index (χ3v) is 2.58. The fourth-order valence-corrected chi connectivity index (χ4v) is 1.55. The molecule has 80 valence electrons. The minimum atomic E-state index is -0.0963. The average Bonchev–Trinajstić information content (AvgIpc) is 2.18. The molecule has 0 bridgehead atoms. The Kier molecular flexibility index (Phi) is 4.69. The summed E-state index contributed by atoms with van der Waals surface area (Å²) in [7, 11) is 0. The Labute approximate surface area is 97.8 Å². The topological polar surface area (TPSA) is 34.1 Å². The van der Waals surface area contributed by atoms with Gasteiger partial charge in [0.15, 0.2) is 5.78 Å². The van der Waals surface area contributed by atoms with Gasteiger partial charge in [0.2, 0.25) is 0 Å². The highest BCUT2D eigenvalue weighted by Gasteiger charge is 2.10. The summed E-state index contributed by atoms with van der Waals surface area (Å²) in [6, 6.07) is 7.06. The quantitative estimate of drug-likeness (QED) is 0.606. The van der Waals surface area contributed by atoms with Gasteiger partial charge >= 0.3 is 0 Å². The third-order valence-electron chi connectivity index (χ3n) is 2.05. The minimum Gasteiger partial charge on any atom is -0.299 e. The Hall–Kier alpha value is -0.960. The van der Waals surface area contributed by atoms with E-state index in [0.29, 0.717) is 12.0 Å². The fraction of sp³-hybridized carbons (Fsp3) is 0.333. The first-order valence-corrected chi connectivity index (χ1v) is 5.73. The molecule has 0 heterocycles. The third kappa shape index (κ3) is 3.96. The SMILES string of the molecule is CCCC(=O)CC(=O)c1ccc(Br)cc1. The van der Waals surface area contributed by atoms with Crippen molar-refractivity contribution in [1.82, 2.24) is 0 Å². The van der Waals surface area contributed by atoms with Gasteiger partial charge < -0.3 is 0 Å². The molecule has 0 aliphatic rings. The Balaban J connectivity index is 2.61. The minimum absolute atomic E-state index is 0.0189. The van der Waals surface area contributed by atoms with E-state index in [1.54, 1.807) is 24.3 Å². The van der Waals surface area contributed by atoms with Crippen LogP contribution >= 0.6 is 15.9 Å². The van der Waals surface area contributed by atoms with E-state index in [2.05, 4.69) is 15.9 Å². The van der Waals surface area contributed by atoms with Crippen LogP contribution in [0.2, 0.25) is 0 Å². The van der Waals surface area contributed by atoms with Crippen molar-refractivity contribution in [1.29, 1.82) is 0 Å². The Morgan fingerprint density at radius 1 is 1.20 bits per heavy atom. The molecule has 0 saturated carbocycles. The van der Waals surface area contributed by atoms with E-state index in [1.807, 2.05) is 6.92 Å². The van der Waals surface area contributed by atoms with Gasteiger partial charge in [0.05, 0.1) is 6.42 Å². The van der Waals surface area contributed by atoms with Gasteiger partial charge in [0.25, 0.3) is 0 Å². The number of ketones is 2. The molecular formula is C12H13BrO2. The van der Waals surface area contributed by atoms with Crippen molar-refractivity contribution < 1.29 is 9.59 Å². The average molecular weight is 269 g/mol. The molecule has 0 saturated heterocycles. The van der Waals surface area contributed by atoms with Crippen molar-refractivity contribution in [3.8, 4) is 0 Å². The number of benzene rings is 1. The molecule has 1 aromatic carbocycles. The fourth-order valence-electron chi connectivity index (χ4n) is 1.28. The lowest BCUT2D eigenvalue weighted by Gasteiger charge is -2.00. The first-order chi connectivity index (χ1) is 7.13. The van der Waals surface area contributed by atoms with Crippen molar-refractivity contribution >= 4 is 27.5 Å². The second kappa shape index (κ2) is 5.81. The summed E-state index contributed by atoms with van der Waals surface area (Å²) in [5.74, 6) is -0.0774. The lowest BCUT2D eigenvalue weighted by atomic mass is 10.0. The second-order valence-electron chi connectivity index (χ2n) is 3.40. The Morgan fingerprint density at radius 2 is 1.80 bits per heavy atom. The van der Waals surface area contributed by atoms with E-state index in [4.69, 9.17) is 0 Å². The molecule has 3 heteroatoms. The van der Waals surface area contributed by atoms with Crippen LogP contribution in [0.25, 0.3) is 0 Å². The lowest BCUT2D eigenvalue weighted by molar-refractivity contribution is -0.118. The van der Waals surface area contributed by atoms with Gasteiger partial charge in [-0.2, -0.15) is 0 Å². The smallest absolute Gasteiger partial charge is 0.170 e. The molecular weight excluding hydrogens is 256 g/mol. The van der Waals surface area contributed by atoms with Crippen LogP contribution in [0.1, 0.15) is 36.5 Å². The number of halogens is 1. The van der Waals surface area contributed by atoms with Crippen molar-refractivity contribution in [3.63, 3.8) is 0 Å². The maximum atomic E-state index is 11.6. The maximum Gasteiger partial charge on any atom is 0.170 e. The van der Waals surface area contributed by atoms with Crippen LogP contribution in [0.4, 0.5) is 0 Å². The predicted octanol–water partition coefficient (Wildman–Crippen LogP) is 3.39. The van der Waals surface area contributed by atoms with E-state index in [0.717, 1.165) is 10.9 Å². The predicted molar refractivity (Wildman–Crippen MR) is 63.0 cm³/mol. The molecule has 0 amide bonds. The van der Waals surface area contributed by atoms with Gasteiger partial charge in [-0.15, -0.1) is 0 Å². The van der Waals surface area contributed by atoms with E-state index < -0.39 is 0 Å². The standard InChI is InChI=1S/C12H13BrO2/c1-2-3-11(14)8-12(15)9-4-6-10(13)7-5-9/h4-7H,2-3,8H2,1H3. The molecule has 1 aromatic rings. The van der Waals surface area contributed by atoms with Crippen molar-refractivity contribution in [2.24, 2.45) is 0 Å². The molecule has 0 fully saturated rings. The molecule has 0 N–H and O–H groups in total. The van der Waals surface area contributed by atoms with Gasteiger partial charge in [-0.3, -0.25) is 9.59 Å². The zero-order valence-electron chi connectivity index (χ0n) is 8.63. The normalized spacial score (nSPS) is 10.0. The van der Waals surface area contributed by atoms with E-state index in [9.17, 15) is 9.59 Å². The van der Waals surface area contributed by atoms with Crippen LogP contribution in [0, 0.1) is 0 Å². The zero-order chi connectivity index (χ0) is 11.3. The Bertz CT molecular complexity index is 354. The number of hydrogen-bond acceptors (Lipinski definition) is 2. The molecule has 0 aliphatic carbocycles. The van der Waals surface area contributed by atoms with Gasteiger partial charge in [0.1, 0.15) is 5.78 Å². The van der Waals surface area contributed by atoms with E-state index in [-0.39, 0.29) is 18.0 Å². The van der Waals surface area contributed by atoms with Gasteiger partial charge in [-0.05, 0) is 18.6 Å². The zero-order valence-corrected chi connectivity index (χ0v) is 10.2. The number of rotatable bonds is 5. The maximum absolute atomic E-state index is 11.6. The summed E-state index contributed by atoms with van der Waals surface area (Å²) in [5, 5.41) is 0. The van der Waals surface area contributed by atoms with Crippen LogP contribution in [0.5, 0.6) is 0 Å². The van der Waals surface area contributed by atoms with E-state index >= 15 is 0 Å². The molecule has 0 spiro atoms. The van der Waals surface area contributed by atoms with Crippen molar-refractivity contribution in [2.45, 2.75) is 26.2 Å². The largest absolute Gasteiger partial charge is 0.299 e. The van der Waals surface area contributed by atoms with Crippen LogP contribution in [0.15, 0.2) is 28.7 Å². The molecule has 0 atom stereocenters. The summed E-state index contributed by atoms with van der Waals surface area (Å²) in [5.41, 5.74) is 0.600. The summed E-state index contributed by atoms with van der Waals surface area (Å²) < 4.78 is 0.930. The van der Waals surface area contributed by atoms with Crippen molar-refractivity contribution in [3.05, 3.63) is 34.3 Å². The summed E-state index contributed by atoms with van der Waals surface area (Å²) in [4.78, 5) is 22.9. The molecule has 0 radical (unpaired) electrons. The van der Waals surface area contributed by atoms with Gasteiger partial charge in [-0.1, -0.05) is 35.0 Å². The number of hydrogen-bond donors (Lipinski definition) is 0. The highest BCUT2D eigenvalue weighted by atomic mass is 79.9. The molecule has 2 nitrogen and oxygen atoms in total. The van der Waals surface area contributed by atoms with Crippen LogP contribution in [0.3, 0.4) is 0 Å². The molecule has 1 rings (SSSR count).